The second-order valence-corrected chi connectivity index (χ2v) is 6.90. The van der Waals surface area contributed by atoms with Crippen molar-refractivity contribution in [3.63, 3.8) is 0 Å². The highest BCUT2D eigenvalue weighted by Crippen LogP contribution is 2.48. The van der Waals surface area contributed by atoms with Gasteiger partial charge in [-0.2, -0.15) is 0 Å². The van der Waals surface area contributed by atoms with E-state index in [-0.39, 0.29) is 0 Å². The van der Waals surface area contributed by atoms with Gasteiger partial charge in [0.2, 0.25) is 0 Å². The van der Waals surface area contributed by atoms with Crippen LogP contribution in [-0.2, 0) is 27.9 Å². The Morgan fingerprint density at radius 1 is 1.22 bits per heavy atom. The lowest BCUT2D eigenvalue weighted by Gasteiger charge is -2.23. The van der Waals surface area contributed by atoms with Gasteiger partial charge in [-0.1, -0.05) is 0 Å². The van der Waals surface area contributed by atoms with Crippen LogP contribution < -0.4 is 0 Å². The van der Waals surface area contributed by atoms with Crippen molar-refractivity contribution in [2.45, 2.75) is 26.4 Å². The summed E-state index contributed by atoms with van der Waals surface area (Å²) in [5.74, 6) is -3.99. The Morgan fingerprint density at radius 3 is 1.94 bits per heavy atom. The number of esters is 1. The van der Waals surface area contributed by atoms with Gasteiger partial charge in [-0.05, 0) is 20.8 Å². The number of aliphatic carboxylic acids is 1. The molecule has 0 radical (unpaired) electrons. The van der Waals surface area contributed by atoms with Crippen LogP contribution in [0.4, 0.5) is 0 Å². The number of hydrogen-bond donors (Lipinski definition) is 1. The number of hydrogen-bond acceptors (Lipinski definition) is 6. The van der Waals surface area contributed by atoms with E-state index in [1.807, 2.05) is 0 Å². The van der Waals surface area contributed by atoms with Crippen LogP contribution in [0.15, 0.2) is 0 Å². The lowest BCUT2D eigenvalue weighted by molar-refractivity contribution is -0.165. The number of carbonyl (C=O) groups is 2. The van der Waals surface area contributed by atoms with Gasteiger partial charge in [0, 0.05) is 14.2 Å². The van der Waals surface area contributed by atoms with E-state index in [0.717, 1.165) is 14.2 Å². The number of carboxylic acids is 1. The molecule has 0 heterocycles. The van der Waals surface area contributed by atoms with Crippen molar-refractivity contribution in [1.29, 1.82) is 0 Å². The van der Waals surface area contributed by atoms with Crippen LogP contribution in [0.1, 0.15) is 20.8 Å². The molecule has 0 aliphatic carbocycles. The number of ether oxygens (including phenoxy) is 1. The van der Waals surface area contributed by atoms with E-state index in [9.17, 15) is 14.2 Å². The predicted molar refractivity (Wildman–Crippen MR) is 63.5 cm³/mol. The average Bonchev–Trinajstić information content (AvgIpc) is 2.22. The molecular weight excluding hydrogens is 263 g/mol. The first-order valence-corrected chi connectivity index (χ1v) is 6.93. The van der Waals surface area contributed by atoms with Crippen molar-refractivity contribution in [3.05, 3.63) is 0 Å². The Labute approximate surface area is 106 Å². The van der Waals surface area contributed by atoms with E-state index in [2.05, 4.69) is 9.05 Å². The van der Waals surface area contributed by atoms with E-state index in [1.165, 1.54) is 0 Å². The minimum atomic E-state index is -3.59. The van der Waals surface area contributed by atoms with Crippen LogP contribution >= 0.6 is 7.60 Å². The molecule has 0 aliphatic rings. The van der Waals surface area contributed by atoms with E-state index < -0.39 is 37.2 Å². The molecule has 7 nitrogen and oxygen atoms in total. The van der Waals surface area contributed by atoms with Crippen LogP contribution in [0.3, 0.4) is 0 Å². The number of carboxylic acid groups (broad SMARTS) is 1. The molecule has 0 saturated heterocycles. The molecule has 0 bridgehead atoms. The summed E-state index contributed by atoms with van der Waals surface area (Å²) in [7, 11) is -1.35. The highest BCUT2D eigenvalue weighted by Gasteiger charge is 2.38. The molecule has 106 valence electrons. The van der Waals surface area contributed by atoms with Crippen LogP contribution in [0.2, 0.25) is 0 Å². The molecule has 0 fully saturated rings. The molecule has 0 amide bonds. The molecular formula is C10H19O7P. The Bertz CT molecular complexity index is 350. The summed E-state index contributed by atoms with van der Waals surface area (Å²) in [6, 6.07) is 0. The van der Waals surface area contributed by atoms with Gasteiger partial charge < -0.3 is 18.9 Å². The first-order valence-electron chi connectivity index (χ1n) is 5.21. The third-order valence-corrected chi connectivity index (χ3v) is 3.88. The average molecular weight is 282 g/mol. The summed E-state index contributed by atoms with van der Waals surface area (Å²) in [5, 5.41) is 8.96. The van der Waals surface area contributed by atoms with Crippen molar-refractivity contribution < 1.29 is 33.0 Å². The normalized spacial score (nSPS) is 14.1. The van der Waals surface area contributed by atoms with Crippen molar-refractivity contribution in [3.8, 4) is 0 Å². The quantitative estimate of drug-likeness (QED) is 0.448. The van der Waals surface area contributed by atoms with E-state index in [4.69, 9.17) is 9.84 Å². The Kier molecular flexibility index (Phi) is 5.99. The third kappa shape index (κ3) is 5.62. The smallest absolute Gasteiger partial charge is 0.331 e. The van der Waals surface area contributed by atoms with E-state index in [1.54, 1.807) is 20.8 Å². The zero-order valence-electron chi connectivity index (χ0n) is 11.1. The van der Waals surface area contributed by atoms with Crippen LogP contribution in [0.25, 0.3) is 0 Å². The molecule has 0 saturated carbocycles. The van der Waals surface area contributed by atoms with E-state index >= 15 is 0 Å². The minimum Gasteiger partial charge on any atom is -0.481 e. The summed E-state index contributed by atoms with van der Waals surface area (Å²) in [6.07, 6.45) is -0.565. The molecule has 1 atom stereocenters. The van der Waals surface area contributed by atoms with Gasteiger partial charge in [-0.25, -0.2) is 0 Å². The first-order chi connectivity index (χ1) is 8.04. The lowest BCUT2D eigenvalue weighted by Crippen LogP contribution is -2.34. The van der Waals surface area contributed by atoms with Gasteiger partial charge in [-0.3, -0.25) is 14.2 Å². The second kappa shape index (κ2) is 6.31. The maximum absolute atomic E-state index is 11.8. The number of carbonyl (C=O) groups excluding carboxylic acids is 1. The Balaban J connectivity index is 4.94. The summed E-state index contributed by atoms with van der Waals surface area (Å²) in [5.41, 5.74) is -0.824. The standard InChI is InChI=1S/C10H19O7P/c1-10(2,3)17-9(13)7(8(11)12)6-18(14,15-4)16-5/h7H,6H2,1-5H3,(H,11,12). The van der Waals surface area contributed by atoms with Crippen LogP contribution in [-0.4, -0.2) is 43.0 Å². The lowest BCUT2D eigenvalue weighted by atomic mass is 10.1. The third-order valence-electron chi connectivity index (χ3n) is 1.95. The molecule has 0 aromatic heterocycles. The van der Waals surface area contributed by atoms with Crippen molar-refractivity contribution >= 4 is 19.5 Å². The topological polar surface area (TPSA) is 99.1 Å². The molecule has 8 heteroatoms. The molecule has 1 N–H and O–H groups in total. The van der Waals surface area contributed by atoms with Gasteiger partial charge in [0.05, 0.1) is 6.16 Å². The molecule has 18 heavy (non-hydrogen) atoms. The van der Waals surface area contributed by atoms with Gasteiger partial charge in [0.1, 0.15) is 5.60 Å². The molecule has 0 spiro atoms. The van der Waals surface area contributed by atoms with Crippen LogP contribution in [0.5, 0.6) is 0 Å². The molecule has 0 rings (SSSR count). The van der Waals surface area contributed by atoms with Gasteiger partial charge >= 0.3 is 19.5 Å². The van der Waals surface area contributed by atoms with Crippen molar-refractivity contribution in [2.24, 2.45) is 5.92 Å². The molecule has 1 unspecified atom stereocenters. The number of rotatable bonds is 6. The fourth-order valence-electron chi connectivity index (χ4n) is 1.07. The largest absolute Gasteiger partial charge is 0.481 e. The monoisotopic (exact) mass is 282 g/mol. The summed E-state index contributed by atoms with van der Waals surface area (Å²) in [6.45, 7) is 4.82. The van der Waals surface area contributed by atoms with Crippen molar-refractivity contribution in [2.75, 3.05) is 20.4 Å². The van der Waals surface area contributed by atoms with Gasteiger partial charge in [0.25, 0.3) is 0 Å². The van der Waals surface area contributed by atoms with Gasteiger partial charge in [-0.15, -0.1) is 0 Å². The maximum atomic E-state index is 11.8. The summed E-state index contributed by atoms with van der Waals surface area (Å²) in [4.78, 5) is 22.7. The fourth-order valence-corrected chi connectivity index (χ4v) is 2.27. The zero-order valence-corrected chi connectivity index (χ0v) is 12.0. The Hall–Kier alpha value is -0.910. The SMILES string of the molecule is COP(=O)(CC(C(=O)O)C(=O)OC(C)(C)C)OC. The highest BCUT2D eigenvalue weighted by atomic mass is 31.2. The van der Waals surface area contributed by atoms with Crippen LogP contribution in [0, 0.1) is 5.92 Å². The summed E-state index contributed by atoms with van der Waals surface area (Å²) >= 11 is 0. The zero-order chi connectivity index (χ0) is 14.6. The van der Waals surface area contributed by atoms with E-state index in [0.29, 0.717) is 0 Å². The molecule has 0 aromatic carbocycles. The molecule has 0 aromatic rings. The predicted octanol–water partition coefficient (Wildman–Crippen LogP) is 1.51. The first kappa shape index (κ1) is 17.1. The summed E-state index contributed by atoms with van der Waals surface area (Å²) < 4.78 is 26.0. The second-order valence-electron chi connectivity index (χ2n) is 4.58. The Morgan fingerprint density at radius 2 is 1.67 bits per heavy atom. The minimum absolute atomic E-state index is 0.565. The van der Waals surface area contributed by atoms with Gasteiger partial charge in [0.15, 0.2) is 5.92 Å². The maximum Gasteiger partial charge on any atom is 0.331 e. The fraction of sp³-hybridized carbons (Fsp3) is 0.800. The molecule has 0 aliphatic heterocycles. The highest BCUT2D eigenvalue weighted by molar-refractivity contribution is 7.53. The van der Waals surface area contributed by atoms with Crippen molar-refractivity contribution in [1.82, 2.24) is 0 Å².